The van der Waals surface area contributed by atoms with Crippen LogP contribution >= 0.6 is 0 Å². The highest BCUT2D eigenvalue weighted by Gasteiger charge is 2.30. The van der Waals surface area contributed by atoms with Gasteiger partial charge in [-0.25, -0.2) is 4.39 Å². The second-order valence-electron chi connectivity index (χ2n) is 4.28. The molecule has 1 aromatic rings. The van der Waals surface area contributed by atoms with Gasteiger partial charge in [-0.2, -0.15) is 0 Å². The van der Waals surface area contributed by atoms with E-state index in [1.165, 1.54) is 13.2 Å². The maximum Gasteiger partial charge on any atom is 0.323 e. The molecule has 0 heterocycles. The van der Waals surface area contributed by atoms with E-state index in [1.807, 2.05) is 0 Å². The van der Waals surface area contributed by atoms with Gasteiger partial charge in [-0.3, -0.25) is 10.1 Å². The molecule has 2 N–H and O–H groups in total. The average Bonchev–Trinajstić information content (AvgIpc) is 2.37. The first-order valence-electron chi connectivity index (χ1n) is 5.74. The zero-order valence-corrected chi connectivity index (χ0v) is 10.8. The average molecular weight is 255 g/mol. The molecular weight excluding hydrogens is 237 g/mol. The molecule has 0 saturated heterocycles. The van der Waals surface area contributed by atoms with Gasteiger partial charge >= 0.3 is 5.97 Å². The minimum absolute atomic E-state index is 0.139. The zero-order valence-electron chi connectivity index (χ0n) is 10.8. The Labute approximate surface area is 106 Å². The van der Waals surface area contributed by atoms with Gasteiger partial charge in [0.05, 0.1) is 7.11 Å². The lowest BCUT2D eigenvalue weighted by molar-refractivity contribution is -0.144. The molecular formula is C13H18FNO3. The predicted molar refractivity (Wildman–Crippen MR) is 66.1 cm³/mol. The highest BCUT2D eigenvalue weighted by atomic mass is 19.1. The van der Waals surface area contributed by atoms with Crippen LogP contribution in [0.5, 0.6) is 5.75 Å². The number of carbonyl (C=O) groups is 1. The Morgan fingerprint density at radius 1 is 1.56 bits per heavy atom. The number of nitrogens with one attached hydrogen (secondary N) is 1. The van der Waals surface area contributed by atoms with Gasteiger partial charge in [0.1, 0.15) is 5.54 Å². The topological polar surface area (TPSA) is 58.6 Å². The van der Waals surface area contributed by atoms with E-state index in [2.05, 4.69) is 5.32 Å². The molecule has 0 amide bonds. The first-order chi connectivity index (χ1) is 8.44. The Kier molecular flexibility index (Phi) is 4.67. The first kappa shape index (κ1) is 14.4. The number of rotatable bonds is 6. The molecule has 1 rings (SSSR count). The van der Waals surface area contributed by atoms with E-state index in [0.29, 0.717) is 12.0 Å². The van der Waals surface area contributed by atoms with Crippen molar-refractivity contribution >= 4 is 5.97 Å². The Balaban J connectivity index is 2.83. The molecule has 100 valence electrons. The monoisotopic (exact) mass is 255 g/mol. The summed E-state index contributed by atoms with van der Waals surface area (Å²) >= 11 is 0. The number of halogens is 1. The zero-order chi connectivity index (χ0) is 13.8. The Morgan fingerprint density at radius 3 is 2.72 bits per heavy atom. The SMILES string of the molecule is CCC(C)(NCc1cccc(OC)c1F)C(=O)O. The molecule has 0 saturated carbocycles. The third kappa shape index (κ3) is 2.98. The van der Waals surface area contributed by atoms with Crippen molar-refractivity contribution in [1.29, 1.82) is 0 Å². The van der Waals surface area contributed by atoms with Crippen LogP contribution in [0.4, 0.5) is 4.39 Å². The maximum atomic E-state index is 13.8. The lowest BCUT2D eigenvalue weighted by atomic mass is 9.99. The van der Waals surface area contributed by atoms with Gasteiger partial charge in [0.15, 0.2) is 11.6 Å². The van der Waals surface area contributed by atoms with Crippen LogP contribution in [0.15, 0.2) is 18.2 Å². The summed E-state index contributed by atoms with van der Waals surface area (Å²) in [5, 5.41) is 12.0. The molecule has 1 unspecified atom stereocenters. The van der Waals surface area contributed by atoms with Crippen molar-refractivity contribution in [3.05, 3.63) is 29.6 Å². The number of hydrogen-bond donors (Lipinski definition) is 2. The second-order valence-corrected chi connectivity index (χ2v) is 4.28. The van der Waals surface area contributed by atoms with Crippen LogP contribution in [0.25, 0.3) is 0 Å². The van der Waals surface area contributed by atoms with Crippen LogP contribution in [-0.4, -0.2) is 23.7 Å². The van der Waals surface area contributed by atoms with Crippen LogP contribution in [0.3, 0.4) is 0 Å². The minimum atomic E-state index is -1.06. The van der Waals surface area contributed by atoms with Crippen molar-refractivity contribution in [2.75, 3.05) is 7.11 Å². The number of carboxylic acid groups (broad SMARTS) is 1. The molecule has 0 spiro atoms. The number of hydrogen-bond acceptors (Lipinski definition) is 3. The van der Waals surface area contributed by atoms with Gasteiger partial charge in [-0.15, -0.1) is 0 Å². The van der Waals surface area contributed by atoms with E-state index in [9.17, 15) is 9.18 Å². The van der Waals surface area contributed by atoms with E-state index in [4.69, 9.17) is 9.84 Å². The predicted octanol–water partition coefficient (Wildman–Crippen LogP) is 2.18. The molecule has 0 aliphatic carbocycles. The molecule has 1 atom stereocenters. The van der Waals surface area contributed by atoms with Gasteiger partial charge in [-0.05, 0) is 19.4 Å². The van der Waals surface area contributed by atoms with Crippen molar-refractivity contribution in [2.45, 2.75) is 32.4 Å². The van der Waals surface area contributed by atoms with Gasteiger partial charge < -0.3 is 9.84 Å². The lowest BCUT2D eigenvalue weighted by Crippen LogP contribution is -2.48. The fraction of sp³-hybridized carbons (Fsp3) is 0.462. The molecule has 0 aliphatic heterocycles. The number of aliphatic carboxylic acids is 1. The normalized spacial score (nSPS) is 14.0. The van der Waals surface area contributed by atoms with E-state index < -0.39 is 17.3 Å². The van der Waals surface area contributed by atoms with Crippen molar-refractivity contribution < 1.29 is 19.0 Å². The Bertz CT molecular complexity index is 436. The lowest BCUT2D eigenvalue weighted by Gasteiger charge is -2.25. The molecule has 0 bridgehead atoms. The van der Waals surface area contributed by atoms with Crippen molar-refractivity contribution in [1.82, 2.24) is 5.32 Å². The Hall–Kier alpha value is -1.62. The van der Waals surface area contributed by atoms with E-state index >= 15 is 0 Å². The molecule has 4 nitrogen and oxygen atoms in total. The number of benzene rings is 1. The van der Waals surface area contributed by atoms with E-state index in [1.54, 1.807) is 26.0 Å². The molecule has 1 aromatic carbocycles. The Morgan fingerprint density at radius 2 is 2.22 bits per heavy atom. The van der Waals surface area contributed by atoms with Gasteiger partial charge in [0, 0.05) is 12.1 Å². The molecule has 0 aromatic heterocycles. The summed E-state index contributed by atoms with van der Waals surface area (Å²) in [5.74, 6) is -1.26. The number of ether oxygens (including phenoxy) is 1. The first-order valence-corrected chi connectivity index (χ1v) is 5.74. The summed E-state index contributed by atoms with van der Waals surface area (Å²) in [7, 11) is 1.39. The number of methoxy groups -OCH3 is 1. The molecule has 18 heavy (non-hydrogen) atoms. The fourth-order valence-corrected chi connectivity index (χ4v) is 1.49. The van der Waals surface area contributed by atoms with E-state index in [0.717, 1.165) is 0 Å². The highest BCUT2D eigenvalue weighted by Crippen LogP contribution is 2.20. The fourth-order valence-electron chi connectivity index (χ4n) is 1.49. The van der Waals surface area contributed by atoms with Crippen molar-refractivity contribution in [2.24, 2.45) is 0 Å². The molecule has 0 aliphatic rings. The summed E-state index contributed by atoms with van der Waals surface area (Å²) in [4.78, 5) is 11.1. The van der Waals surface area contributed by atoms with Gasteiger partial charge in [0.25, 0.3) is 0 Å². The van der Waals surface area contributed by atoms with E-state index in [-0.39, 0.29) is 12.3 Å². The standard InChI is InChI=1S/C13H18FNO3/c1-4-13(2,12(16)17)15-8-9-6-5-7-10(18-3)11(9)14/h5-7,15H,4,8H2,1-3H3,(H,16,17). The van der Waals surface area contributed by atoms with Crippen molar-refractivity contribution in [3.8, 4) is 5.75 Å². The van der Waals surface area contributed by atoms with Gasteiger partial charge in [0.2, 0.25) is 0 Å². The van der Waals surface area contributed by atoms with Crippen LogP contribution in [0.2, 0.25) is 0 Å². The van der Waals surface area contributed by atoms with Gasteiger partial charge in [-0.1, -0.05) is 19.1 Å². The summed E-state index contributed by atoms with van der Waals surface area (Å²) in [6.45, 7) is 3.48. The quantitative estimate of drug-likeness (QED) is 0.818. The molecule has 0 fully saturated rings. The smallest absolute Gasteiger partial charge is 0.323 e. The molecule has 0 radical (unpaired) electrons. The van der Waals surface area contributed by atoms with Crippen LogP contribution < -0.4 is 10.1 Å². The molecule has 5 heteroatoms. The van der Waals surface area contributed by atoms with Crippen LogP contribution in [-0.2, 0) is 11.3 Å². The highest BCUT2D eigenvalue weighted by molar-refractivity contribution is 5.78. The minimum Gasteiger partial charge on any atom is -0.494 e. The summed E-state index contributed by atoms with van der Waals surface area (Å²) in [6.07, 6.45) is 0.411. The number of carboxylic acids is 1. The summed E-state index contributed by atoms with van der Waals surface area (Å²) in [5.41, 5.74) is -0.675. The largest absolute Gasteiger partial charge is 0.494 e. The third-order valence-electron chi connectivity index (χ3n) is 3.11. The van der Waals surface area contributed by atoms with Crippen LogP contribution in [0.1, 0.15) is 25.8 Å². The third-order valence-corrected chi connectivity index (χ3v) is 3.11. The maximum absolute atomic E-state index is 13.8. The van der Waals surface area contributed by atoms with Crippen molar-refractivity contribution in [3.63, 3.8) is 0 Å². The van der Waals surface area contributed by atoms with Crippen LogP contribution in [0, 0.1) is 5.82 Å². The second kappa shape index (κ2) is 5.82. The summed E-state index contributed by atoms with van der Waals surface area (Å²) < 4.78 is 18.7. The summed E-state index contributed by atoms with van der Waals surface area (Å²) in [6, 6.07) is 4.79.